The molecule has 5 rings (SSSR count). The predicted molar refractivity (Wildman–Crippen MR) is 172 cm³/mol. The van der Waals surface area contributed by atoms with Crippen LogP contribution in [-0.2, 0) is 14.3 Å². The average molecular weight is 665 g/mol. The van der Waals surface area contributed by atoms with E-state index >= 15 is 0 Å². The number of halogens is 2. The van der Waals surface area contributed by atoms with Gasteiger partial charge in [-0.25, -0.2) is 4.79 Å². The molecule has 0 saturated carbocycles. The van der Waals surface area contributed by atoms with E-state index in [1.807, 2.05) is 4.90 Å². The molecule has 3 heterocycles. The summed E-state index contributed by atoms with van der Waals surface area (Å²) in [4.78, 5) is 38.9. The molecule has 238 valence electrons. The quantitative estimate of drug-likeness (QED) is 0.232. The fourth-order valence-electron chi connectivity index (χ4n) is 5.32. The maximum absolute atomic E-state index is 13.4. The van der Waals surface area contributed by atoms with Crippen LogP contribution in [-0.4, -0.2) is 73.4 Å². The highest BCUT2D eigenvalue weighted by Crippen LogP contribution is 2.32. The lowest BCUT2D eigenvalue weighted by atomic mass is 9.89. The number of anilines is 1. The lowest BCUT2D eigenvalue weighted by molar-refractivity contribution is -0.130. The number of tetrazole rings is 1. The van der Waals surface area contributed by atoms with E-state index in [1.54, 1.807) is 61.5 Å². The Bertz CT molecular complexity index is 1730. The monoisotopic (exact) mass is 663 g/mol. The van der Waals surface area contributed by atoms with Crippen molar-refractivity contribution < 1.29 is 19.1 Å². The molecule has 1 saturated heterocycles. The summed E-state index contributed by atoms with van der Waals surface area (Å²) in [5.74, 6) is -0.230. The van der Waals surface area contributed by atoms with Gasteiger partial charge in [0.15, 0.2) is 5.15 Å². The minimum absolute atomic E-state index is 0.0202. The number of likely N-dealkylation sites (tertiary alicyclic amines) is 1. The summed E-state index contributed by atoms with van der Waals surface area (Å²) in [6.07, 6.45) is 6.19. The molecule has 1 aliphatic heterocycles. The Hall–Kier alpha value is -4.88. The zero-order valence-electron chi connectivity index (χ0n) is 25.1. The second kappa shape index (κ2) is 14.9. The van der Waals surface area contributed by atoms with Crippen LogP contribution < -0.4 is 10.6 Å². The summed E-state index contributed by atoms with van der Waals surface area (Å²) >= 11 is 12.7. The van der Waals surface area contributed by atoms with E-state index in [9.17, 15) is 14.4 Å². The van der Waals surface area contributed by atoms with Crippen molar-refractivity contribution in [1.29, 1.82) is 0 Å². The van der Waals surface area contributed by atoms with E-state index in [2.05, 4.69) is 41.1 Å². The number of hydrogen-bond donors (Lipinski definition) is 2. The minimum atomic E-state index is -0.584. The molecule has 0 aliphatic carbocycles. The van der Waals surface area contributed by atoms with Crippen LogP contribution >= 0.6 is 23.2 Å². The first-order chi connectivity index (χ1) is 22.2. The van der Waals surface area contributed by atoms with Crippen LogP contribution in [0.1, 0.15) is 43.5 Å². The van der Waals surface area contributed by atoms with Gasteiger partial charge in [0.1, 0.15) is 6.33 Å². The zero-order chi connectivity index (χ0) is 32.6. The van der Waals surface area contributed by atoms with Gasteiger partial charge in [0.05, 0.1) is 24.5 Å². The third-order valence-corrected chi connectivity index (χ3v) is 8.12. The average Bonchev–Trinajstić information content (AvgIpc) is 3.59. The van der Waals surface area contributed by atoms with Crippen LogP contribution in [0.5, 0.6) is 0 Å². The van der Waals surface area contributed by atoms with E-state index in [4.69, 9.17) is 23.2 Å². The van der Waals surface area contributed by atoms with Crippen LogP contribution in [0.3, 0.4) is 0 Å². The minimum Gasteiger partial charge on any atom is -0.453 e. The van der Waals surface area contributed by atoms with Crippen LogP contribution in [0.2, 0.25) is 10.2 Å². The smallest absolute Gasteiger partial charge is 0.411 e. The van der Waals surface area contributed by atoms with Gasteiger partial charge in [-0.15, -0.1) is 10.2 Å². The number of hydrogen-bond acceptors (Lipinski definition) is 9. The first kappa shape index (κ1) is 32.5. The van der Waals surface area contributed by atoms with Gasteiger partial charge in [-0.3, -0.25) is 14.9 Å². The topological polar surface area (TPSA) is 157 Å². The van der Waals surface area contributed by atoms with Crippen LogP contribution in [0.25, 0.3) is 22.9 Å². The summed E-state index contributed by atoms with van der Waals surface area (Å²) in [7, 11) is 1.29. The fraction of sp³-hybridized carbons (Fsp3) is 0.290. The Labute approximate surface area is 274 Å². The van der Waals surface area contributed by atoms with E-state index < -0.39 is 12.1 Å². The number of aromatic nitrogens is 6. The molecule has 0 spiro atoms. The number of rotatable bonds is 9. The predicted octanol–water partition coefficient (Wildman–Crippen LogP) is 5.12. The number of ether oxygens (including phenoxy) is 1. The van der Waals surface area contributed by atoms with E-state index in [-0.39, 0.29) is 22.9 Å². The van der Waals surface area contributed by atoms with E-state index in [1.165, 1.54) is 24.2 Å². The number of carbonyl (C=O) groups excluding carboxylic acids is 3. The second-order valence-corrected chi connectivity index (χ2v) is 11.5. The van der Waals surface area contributed by atoms with Gasteiger partial charge in [-0.1, -0.05) is 35.3 Å². The van der Waals surface area contributed by atoms with E-state index in [0.29, 0.717) is 52.7 Å². The third kappa shape index (κ3) is 8.23. The van der Waals surface area contributed by atoms with Crippen molar-refractivity contribution in [3.05, 3.63) is 82.4 Å². The highest BCUT2D eigenvalue weighted by atomic mass is 35.5. The maximum Gasteiger partial charge on any atom is 0.411 e. The Morgan fingerprint density at radius 3 is 2.63 bits per heavy atom. The summed E-state index contributed by atoms with van der Waals surface area (Å²) in [5.41, 5.74) is 3.66. The molecule has 46 heavy (non-hydrogen) atoms. The third-order valence-electron chi connectivity index (χ3n) is 7.60. The molecule has 2 aromatic carbocycles. The SMILES string of the molecule is COC(=O)Nc1ccc(-c2cc(C(CC3CCCN(C(C)=O)C3)NC(=O)C=Cc3cc(Cl)ccc3-n3cnnn3)nnc2Cl)cc1. The number of nitrogens with one attached hydrogen (secondary N) is 2. The van der Waals surface area contributed by atoms with Crippen molar-refractivity contribution >= 4 is 52.9 Å². The molecule has 2 N–H and O–H groups in total. The van der Waals surface area contributed by atoms with E-state index in [0.717, 1.165) is 18.4 Å². The van der Waals surface area contributed by atoms with Gasteiger partial charge in [0.25, 0.3) is 0 Å². The van der Waals surface area contributed by atoms with Crippen molar-refractivity contribution in [3.8, 4) is 16.8 Å². The van der Waals surface area contributed by atoms with Crippen molar-refractivity contribution in [1.82, 2.24) is 40.6 Å². The number of methoxy groups -OCH3 is 1. The number of nitrogens with zero attached hydrogens (tertiary/aromatic N) is 7. The Balaban J connectivity index is 1.42. The Morgan fingerprint density at radius 2 is 1.91 bits per heavy atom. The van der Waals surface area contributed by atoms with Crippen LogP contribution in [0, 0.1) is 5.92 Å². The second-order valence-electron chi connectivity index (χ2n) is 10.7. The maximum atomic E-state index is 13.4. The number of amides is 3. The normalized spacial score (nSPS) is 15.4. The largest absolute Gasteiger partial charge is 0.453 e. The van der Waals surface area contributed by atoms with Crippen LogP contribution in [0.15, 0.2) is 60.9 Å². The zero-order valence-corrected chi connectivity index (χ0v) is 26.6. The van der Waals surface area contributed by atoms with Crippen LogP contribution in [0.4, 0.5) is 10.5 Å². The first-order valence-corrected chi connectivity index (χ1v) is 15.2. The molecule has 13 nitrogen and oxygen atoms in total. The van der Waals surface area contributed by atoms with Crippen molar-refractivity contribution in [2.24, 2.45) is 5.92 Å². The molecule has 2 atom stereocenters. The molecule has 15 heteroatoms. The molecule has 0 bridgehead atoms. The summed E-state index contributed by atoms with van der Waals surface area (Å²) in [6, 6.07) is 13.4. The molecule has 0 radical (unpaired) electrons. The molecular weight excluding hydrogens is 633 g/mol. The van der Waals surface area contributed by atoms with Gasteiger partial charge in [0, 0.05) is 47.9 Å². The highest BCUT2D eigenvalue weighted by Gasteiger charge is 2.27. The van der Waals surface area contributed by atoms with Gasteiger partial charge in [-0.2, -0.15) is 9.78 Å². The summed E-state index contributed by atoms with van der Waals surface area (Å²) in [6.45, 7) is 2.85. The Morgan fingerprint density at radius 1 is 1.11 bits per heavy atom. The van der Waals surface area contributed by atoms with Gasteiger partial charge in [-0.05, 0) is 83.6 Å². The number of benzene rings is 2. The van der Waals surface area contributed by atoms with Gasteiger partial charge in [0.2, 0.25) is 11.8 Å². The molecule has 3 amide bonds. The Kier molecular flexibility index (Phi) is 10.6. The molecule has 4 aromatic rings. The standard InChI is InChI=1S/C31H31Cl2N9O4/c1-19(43)41-13-3-4-20(17-41)14-26(36-29(44)12-7-22-15-23(32)8-11-28(22)42-18-34-39-40-42)27-16-25(30(33)38-37-27)21-5-9-24(10-6-21)35-31(45)46-2/h5-12,15-16,18,20,26H,3-4,13-14,17H2,1-2H3,(H,35,45)(H,36,44). The number of piperidine rings is 1. The molecule has 2 aromatic heterocycles. The van der Waals surface area contributed by atoms with Crippen molar-refractivity contribution in [2.45, 2.75) is 32.2 Å². The molecule has 1 fully saturated rings. The molecule has 2 unspecified atom stereocenters. The number of carbonyl (C=O) groups is 3. The highest BCUT2D eigenvalue weighted by molar-refractivity contribution is 6.32. The lowest BCUT2D eigenvalue weighted by Gasteiger charge is -2.34. The lowest BCUT2D eigenvalue weighted by Crippen LogP contribution is -2.40. The van der Waals surface area contributed by atoms with Crippen molar-refractivity contribution in [2.75, 3.05) is 25.5 Å². The summed E-state index contributed by atoms with van der Waals surface area (Å²) < 4.78 is 6.12. The van der Waals surface area contributed by atoms with Gasteiger partial charge >= 0.3 is 6.09 Å². The summed E-state index contributed by atoms with van der Waals surface area (Å²) in [5, 5.41) is 26.2. The van der Waals surface area contributed by atoms with Gasteiger partial charge < -0.3 is 15.0 Å². The van der Waals surface area contributed by atoms with Crippen molar-refractivity contribution in [3.63, 3.8) is 0 Å². The molecular formula is C31H31Cl2N9O4. The first-order valence-electron chi connectivity index (χ1n) is 14.5. The fourth-order valence-corrected chi connectivity index (χ4v) is 5.70. The molecule has 1 aliphatic rings.